The minimum absolute atomic E-state index is 0.0456. The summed E-state index contributed by atoms with van der Waals surface area (Å²) in [6.45, 7) is 2.16. The molecule has 122 valence electrons. The van der Waals surface area contributed by atoms with Crippen LogP contribution in [0.4, 0.5) is 10.5 Å². The van der Waals surface area contributed by atoms with Crippen LogP contribution in [0.15, 0.2) is 42.7 Å². The molecule has 0 bridgehead atoms. The molecule has 0 atom stereocenters. The first-order chi connectivity index (χ1) is 11.2. The van der Waals surface area contributed by atoms with Gasteiger partial charge in [-0.25, -0.2) is 4.79 Å². The molecule has 2 aromatic rings. The van der Waals surface area contributed by atoms with Crippen molar-refractivity contribution >= 4 is 11.7 Å². The first-order valence-electron chi connectivity index (χ1n) is 7.89. The van der Waals surface area contributed by atoms with E-state index in [2.05, 4.69) is 10.4 Å². The molecular formula is C17H22N4O2. The fourth-order valence-corrected chi connectivity index (χ4v) is 2.83. The molecule has 23 heavy (non-hydrogen) atoms. The number of methoxy groups -OCH3 is 1. The van der Waals surface area contributed by atoms with Crippen molar-refractivity contribution in [1.29, 1.82) is 0 Å². The van der Waals surface area contributed by atoms with E-state index in [-0.39, 0.29) is 12.1 Å². The zero-order valence-corrected chi connectivity index (χ0v) is 13.3. The number of benzene rings is 1. The number of nitrogens with zero attached hydrogens (tertiary/aromatic N) is 3. The number of anilines is 1. The standard InChI is InChI=1S/C17H22N4O2/c1-23-16-6-10-20(11-7-16)17(22)19-15-5-2-4-14(12-15)13-21-9-3-8-18-21/h2-5,8-9,12,16H,6-7,10-11,13H2,1H3,(H,19,22). The summed E-state index contributed by atoms with van der Waals surface area (Å²) in [6, 6.07) is 9.73. The molecule has 1 aliphatic heterocycles. The fourth-order valence-electron chi connectivity index (χ4n) is 2.83. The van der Waals surface area contributed by atoms with Crippen molar-refractivity contribution in [2.24, 2.45) is 0 Å². The van der Waals surface area contributed by atoms with Gasteiger partial charge in [-0.05, 0) is 36.6 Å². The van der Waals surface area contributed by atoms with Crippen molar-refractivity contribution in [3.63, 3.8) is 0 Å². The predicted octanol–water partition coefficient (Wildman–Crippen LogP) is 2.57. The molecule has 1 saturated heterocycles. The number of hydrogen-bond acceptors (Lipinski definition) is 3. The molecule has 2 amide bonds. The third kappa shape index (κ3) is 4.10. The molecule has 2 heterocycles. The molecule has 1 fully saturated rings. The van der Waals surface area contributed by atoms with Crippen molar-refractivity contribution in [2.75, 3.05) is 25.5 Å². The second-order valence-corrected chi connectivity index (χ2v) is 5.76. The van der Waals surface area contributed by atoms with Crippen LogP contribution in [0.25, 0.3) is 0 Å². The molecule has 0 saturated carbocycles. The lowest BCUT2D eigenvalue weighted by Crippen LogP contribution is -2.42. The second kappa shape index (κ2) is 7.28. The van der Waals surface area contributed by atoms with Gasteiger partial charge in [0.15, 0.2) is 0 Å². The summed E-state index contributed by atoms with van der Waals surface area (Å²) in [6.07, 6.45) is 5.74. The number of likely N-dealkylation sites (tertiary alicyclic amines) is 1. The lowest BCUT2D eigenvalue weighted by Gasteiger charge is -2.31. The van der Waals surface area contributed by atoms with Crippen LogP contribution in [-0.4, -0.2) is 47.0 Å². The third-order valence-electron chi connectivity index (χ3n) is 4.14. The zero-order chi connectivity index (χ0) is 16.1. The maximum Gasteiger partial charge on any atom is 0.321 e. The summed E-state index contributed by atoms with van der Waals surface area (Å²) >= 11 is 0. The Morgan fingerprint density at radius 3 is 2.87 bits per heavy atom. The van der Waals surface area contributed by atoms with Crippen LogP contribution in [0.3, 0.4) is 0 Å². The normalized spacial score (nSPS) is 15.6. The highest BCUT2D eigenvalue weighted by Gasteiger charge is 2.22. The number of rotatable bonds is 4. The van der Waals surface area contributed by atoms with Crippen molar-refractivity contribution in [3.05, 3.63) is 48.3 Å². The number of urea groups is 1. The average Bonchev–Trinajstić information content (AvgIpc) is 3.08. The van der Waals surface area contributed by atoms with Gasteiger partial charge >= 0.3 is 6.03 Å². The highest BCUT2D eigenvalue weighted by Crippen LogP contribution is 2.16. The SMILES string of the molecule is COC1CCN(C(=O)Nc2cccc(Cn3cccn3)c2)CC1. The lowest BCUT2D eigenvalue weighted by molar-refractivity contribution is 0.0521. The van der Waals surface area contributed by atoms with Crippen LogP contribution in [0.1, 0.15) is 18.4 Å². The van der Waals surface area contributed by atoms with E-state index >= 15 is 0 Å². The van der Waals surface area contributed by atoms with E-state index < -0.39 is 0 Å². The van der Waals surface area contributed by atoms with E-state index in [0.717, 1.165) is 37.2 Å². The molecule has 1 aromatic heterocycles. The van der Waals surface area contributed by atoms with Crippen LogP contribution in [-0.2, 0) is 11.3 Å². The Labute approximate surface area is 136 Å². The molecule has 6 nitrogen and oxygen atoms in total. The number of ether oxygens (including phenoxy) is 1. The number of aromatic nitrogens is 2. The minimum atomic E-state index is -0.0456. The monoisotopic (exact) mass is 314 g/mol. The number of hydrogen-bond donors (Lipinski definition) is 1. The predicted molar refractivity (Wildman–Crippen MR) is 88.4 cm³/mol. The van der Waals surface area contributed by atoms with Gasteiger partial charge < -0.3 is 15.0 Å². The minimum Gasteiger partial charge on any atom is -0.381 e. The van der Waals surface area contributed by atoms with Crippen molar-refractivity contribution in [3.8, 4) is 0 Å². The molecule has 0 unspecified atom stereocenters. The van der Waals surface area contributed by atoms with E-state index in [0.29, 0.717) is 6.54 Å². The van der Waals surface area contributed by atoms with E-state index in [9.17, 15) is 4.79 Å². The second-order valence-electron chi connectivity index (χ2n) is 5.76. The highest BCUT2D eigenvalue weighted by molar-refractivity contribution is 5.89. The van der Waals surface area contributed by atoms with E-state index in [4.69, 9.17) is 4.74 Å². The molecule has 0 spiro atoms. The van der Waals surface area contributed by atoms with Crippen LogP contribution < -0.4 is 5.32 Å². The highest BCUT2D eigenvalue weighted by atomic mass is 16.5. The first-order valence-corrected chi connectivity index (χ1v) is 7.89. The summed E-state index contributed by atoms with van der Waals surface area (Å²) in [4.78, 5) is 14.2. The number of carbonyl (C=O) groups excluding carboxylic acids is 1. The summed E-state index contributed by atoms with van der Waals surface area (Å²) in [7, 11) is 1.73. The molecule has 1 aliphatic rings. The number of carbonyl (C=O) groups is 1. The lowest BCUT2D eigenvalue weighted by atomic mass is 10.1. The van der Waals surface area contributed by atoms with Gasteiger partial charge in [0, 0.05) is 38.3 Å². The molecule has 3 rings (SSSR count). The Morgan fingerprint density at radius 1 is 1.35 bits per heavy atom. The van der Waals surface area contributed by atoms with Gasteiger partial charge in [0.25, 0.3) is 0 Å². The summed E-state index contributed by atoms with van der Waals surface area (Å²) in [5.41, 5.74) is 1.91. The molecule has 6 heteroatoms. The first kappa shape index (κ1) is 15.6. The average molecular weight is 314 g/mol. The Balaban J connectivity index is 1.58. The summed E-state index contributed by atoms with van der Waals surface area (Å²) < 4.78 is 7.19. The van der Waals surface area contributed by atoms with E-state index in [1.807, 2.05) is 46.1 Å². The van der Waals surface area contributed by atoms with Gasteiger partial charge in [0.2, 0.25) is 0 Å². The van der Waals surface area contributed by atoms with Crippen molar-refractivity contribution < 1.29 is 9.53 Å². The Hall–Kier alpha value is -2.34. The summed E-state index contributed by atoms with van der Waals surface area (Å²) in [5, 5.41) is 7.18. The van der Waals surface area contributed by atoms with E-state index in [1.165, 1.54) is 0 Å². The number of piperidine rings is 1. The quantitative estimate of drug-likeness (QED) is 0.943. The maximum absolute atomic E-state index is 12.3. The molecular weight excluding hydrogens is 292 g/mol. The third-order valence-corrected chi connectivity index (χ3v) is 4.14. The molecule has 0 aliphatic carbocycles. The largest absolute Gasteiger partial charge is 0.381 e. The Kier molecular flexibility index (Phi) is 4.92. The van der Waals surface area contributed by atoms with Crippen LogP contribution in [0, 0.1) is 0 Å². The van der Waals surface area contributed by atoms with Gasteiger partial charge in [-0.1, -0.05) is 12.1 Å². The molecule has 1 aromatic carbocycles. The van der Waals surface area contributed by atoms with E-state index in [1.54, 1.807) is 13.3 Å². The molecule has 0 radical (unpaired) electrons. The molecule has 1 N–H and O–H groups in total. The van der Waals surface area contributed by atoms with Crippen LogP contribution in [0.5, 0.6) is 0 Å². The zero-order valence-electron chi connectivity index (χ0n) is 13.3. The number of amides is 2. The van der Waals surface area contributed by atoms with Crippen molar-refractivity contribution in [2.45, 2.75) is 25.5 Å². The van der Waals surface area contributed by atoms with Gasteiger partial charge in [-0.15, -0.1) is 0 Å². The van der Waals surface area contributed by atoms with Crippen molar-refractivity contribution in [1.82, 2.24) is 14.7 Å². The Bertz CT molecular complexity index is 634. The maximum atomic E-state index is 12.3. The smallest absolute Gasteiger partial charge is 0.321 e. The Morgan fingerprint density at radius 2 is 2.17 bits per heavy atom. The topological polar surface area (TPSA) is 59.4 Å². The van der Waals surface area contributed by atoms with Gasteiger partial charge in [0.1, 0.15) is 0 Å². The van der Waals surface area contributed by atoms with Gasteiger partial charge in [0.05, 0.1) is 12.6 Å². The van der Waals surface area contributed by atoms with Gasteiger partial charge in [-0.3, -0.25) is 4.68 Å². The summed E-state index contributed by atoms with van der Waals surface area (Å²) in [5.74, 6) is 0. The van der Waals surface area contributed by atoms with Gasteiger partial charge in [-0.2, -0.15) is 5.10 Å². The van der Waals surface area contributed by atoms with Crippen LogP contribution in [0.2, 0.25) is 0 Å². The van der Waals surface area contributed by atoms with Crippen LogP contribution >= 0.6 is 0 Å². The number of nitrogens with one attached hydrogen (secondary N) is 1. The fraction of sp³-hybridized carbons (Fsp3) is 0.412.